The molecule has 1 aromatic rings. The van der Waals surface area contributed by atoms with Crippen molar-refractivity contribution < 1.29 is 8.78 Å². The highest BCUT2D eigenvalue weighted by molar-refractivity contribution is 5.62. The van der Waals surface area contributed by atoms with Gasteiger partial charge in [-0.3, -0.25) is 0 Å². The van der Waals surface area contributed by atoms with Gasteiger partial charge >= 0.3 is 0 Å². The summed E-state index contributed by atoms with van der Waals surface area (Å²) in [5.74, 6) is -2.48. The molecule has 0 atom stereocenters. The highest BCUT2D eigenvalue weighted by atomic mass is 19.3. The van der Waals surface area contributed by atoms with Crippen molar-refractivity contribution in [2.24, 2.45) is 0 Å². The third-order valence-electron chi connectivity index (χ3n) is 3.18. The molecule has 1 nitrogen and oxygen atoms in total. The van der Waals surface area contributed by atoms with E-state index in [9.17, 15) is 8.78 Å². The smallest absolute Gasteiger partial charge is 0.252 e. The molecular formula is C14H17F2N. The lowest BCUT2D eigenvalue weighted by atomic mass is 9.88. The summed E-state index contributed by atoms with van der Waals surface area (Å²) in [4.78, 5) is 0. The van der Waals surface area contributed by atoms with Crippen LogP contribution in [-0.4, -0.2) is 12.0 Å². The Kier molecular flexibility index (Phi) is 3.18. The molecule has 0 amide bonds. The van der Waals surface area contributed by atoms with E-state index >= 15 is 0 Å². The van der Waals surface area contributed by atoms with Gasteiger partial charge in [-0.2, -0.15) is 0 Å². The summed E-state index contributed by atoms with van der Waals surface area (Å²) in [6.07, 6.45) is 0.827. The maximum Gasteiger partial charge on any atom is 0.252 e. The largest absolute Gasteiger partial charge is 0.382 e. The van der Waals surface area contributed by atoms with Crippen LogP contribution in [0, 0.1) is 0 Å². The minimum absolute atomic E-state index is 0.0843. The van der Waals surface area contributed by atoms with Gasteiger partial charge < -0.3 is 5.32 Å². The van der Waals surface area contributed by atoms with Crippen LogP contribution >= 0.6 is 0 Å². The molecule has 1 saturated carbocycles. The van der Waals surface area contributed by atoms with E-state index < -0.39 is 5.92 Å². The molecule has 1 aromatic carbocycles. The predicted molar refractivity (Wildman–Crippen MR) is 66.0 cm³/mol. The fraction of sp³-hybridized carbons (Fsp3) is 0.429. The molecule has 0 heterocycles. The van der Waals surface area contributed by atoms with Crippen LogP contribution in [0.1, 0.15) is 30.9 Å². The first-order valence-corrected chi connectivity index (χ1v) is 5.93. The SMILES string of the molecule is C=C(NC1CC(F)(F)C1)c1ccc(CC)cc1. The molecule has 0 bridgehead atoms. The van der Waals surface area contributed by atoms with E-state index in [1.807, 2.05) is 24.3 Å². The zero-order chi connectivity index (χ0) is 12.5. The maximum absolute atomic E-state index is 12.7. The first-order chi connectivity index (χ1) is 8.00. The molecule has 0 saturated heterocycles. The highest BCUT2D eigenvalue weighted by Gasteiger charge is 2.45. The molecule has 3 heteroatoms. The second kappa shape index (κ2) is 4.47. The molecule has 0 unspecified atom stereocenters. The van der Waals surface area contributed by atoms with Gasteiger partial charge in [0.1, 0.15) is 0 Å². The second-order valence-electron chi connectivity index (χ2n) is 4.63. The summed E-state index contributed by atoms with van der Waals surface area (Å²) in [6.45, 7) is 5.99. The van der Waals surface area contributed by atoms with Gasteiger partial charge in [0.25, 0.3) is 5.92 Å². The van der Waals surface area contributed by atoms with Crippen molar-refractivity contribution in [3.63, 3.8) is 0 Å². The lowest BCUT2D eigenvalue weighted by Gasteiger charge is -2.36. The molecule has 2 rings (SSSR count). The van der Waals surface area contributed by atoms with E-state index in [-0.39, 0.29) is 18.9 Å². The molecule has 0 spiro atoms. The van der Waals surface area contributed by atoms with E-state index in [1.54, 1.807) is 0 Å². The van der Waals surface area contributed by atoms with Crippen molar-refractivity contribution in [1.82, 2.24) is 5.32 Å². The molecular weight excluding hydrogens is 220 g/mol. The van der Waals surface area contributed by atoms with Crippen LogP contribution in [0.4, 0.5) is 8.78 Å². The van der Waals surface area contributed by atoms with Gasteiger partial charge in [0, 0.05) is 24.6 Å². The van der Waals surface area contributed by atoms with Crippen molar-refractivity contribution >= 4 is 5.70 Å². The molecule has 1 aliphatic carbocycles. The number of alkyl halides is 2. The standard InChI is InChI=1S/C14H17F2N/c1-3-11-4-6-12(7-5-11)10(2)17-13-8-14(15,16)9-13/h4-7,13,17H,2-3,8-9H2,1H3. The molecule has 1 aliphatic rings. The molecule has 17 heavy (non-hydrogen) atoms. The molecule has 0 aromatic heterocycles. The number of hydrogen-bond donors (Lipinski definition) is 1. The Bertz CT molecular complexity index is 401. The topological polar surface area (TPSA) is 12.0 Å². The maximum atomic E-state index is 12.7. The van der Waals surface area contributed by atoms with Gasteiger partial charge in [0.15, 0.2) is 0 Å². The van der Waals surface area contributed by atoms with E-state index in [0.717, 1.165) is 17.7 Å². The van der Waals surface area contributed by atoms with Crippen LogP contribution in [0.2, 0.25) is 0 Å². The van der Waals surface area contributed by atoms with Crippen LogP contribution in [0.3, 0.4) is 0 Å². The molecule has 0 radical (unpaired) electrons. The normalized spacial score (nSPS) is 18.5. The Morgan fingerprint density at radius 1 is 1.35 bits per heavy atom. The number of rotatable bonds is 4. The number of aryl methyl sites for hydroxylation is 1. The third kappa shape index (κ3) is 2.84. The fourth-order valence-electron chi connectivity index (χ4n) is 2.03. The summed E-state index contributed by atoms with van der Waals surface area (Å²) < 4.78 is 25.3. The van der Waals surface area contributed by atoms with Gasteiger partial charge in [-0.05, 0) is 17.5 Å². The Hall–Kier alpha value is -1.38. The third-order valence-corrected chi connectivity index (χ3v) is 3.18. The van der Waals surface area contributed by atoms with Crippen molar-refractivity contribution in [1.29, 1.82) is 0 Å². The van der Waals surface area contributed by atoms with E-state index in [2.05, 4.69) is 18.8 Å². The average Bonchev–Trinajstić information content (AvgIpc) is 2.26. The van der Waals surface area contributed by atoms with Gasteiger partial charge in [0.05, 0.1) is 0 Å². The Labute approximate surface area is 101 Å². The predicted octanol–water partition coefficient (Wildman–Crippen LogP) is 3.61. The van der Waals surface area contributed by atoms with Gasteiger partial charge in [-0.25, -0.2) is 8.78 Å². The van der Waals surface area contributed by atoms with E-state index in [4.69, 9.17) is 0 Å². The number of benzene rings is 1. The van der Waals surface area contributed by atoms with Crippen LogP contribution in [0.5, 0.6) is 0 Å². The first-order valence-electron chi connectivity index (χ1n) is 5.93. The Balaban J connectivity index is 1.91. The monoisotopic (exact) mass is 237 g/mol. The molecule has 1 fully saturated rings. The van der Waals surface area contributed by atoms with E-state index in [0.29, 0.717) is 0 Å². The van der Waals surface area contributed by atoms with Gasteiger partial charge in [-0.15, -0.1) is 0 Å². The van der Waals surface area contributed by atoms with Crippen LogP contribution in [-0.2, 0) is 6.42 Å². The summed E-state index contributed by atoms with van der Waals surface area (Å²) in [7, 11) is 0. The molecule has 0 aliphatic heterocycles. The van der Waals surface area contributed by atoms with Crippen LogP contribution in [0.15, 0.2) is 30.8 Å². The first kappa shape index (κ1) is 12.1. The fourth-order valence-corrected chi connectivity index (χ4v) is 2.03. The number of hydrogen-bond acceptors (Lipinski definition) is 1. The number of nitrogens with one attached hydrogen (secondary N) is 1. The minimum Gasteiger partial charge on any atom is -0.382 e. The van der Waals surface area contributed by atoms with Gasteiger partial charge in [-0.1, -0.05) is 37.8 Å². The highest BCUT2D eigenvalue weighted by Crippen LogP contribution is 2.38. The zero-order valence-electron chi connectivity index (χ0n) is 9.97. The summed E-state index contributed by atoms with van der Waals surface area (Å²) in [6, 6.07) is 7.90. The Morgan fingerprint density at radius 3 is 2.41 bits per heavy atom. The molecule has 1 N–H and O–H groups in total. The summed E-state index contributed by atoms with van der Waals surface area (Å²) in [5.41, 5.74) is 2.96. The van der Waals surface area contributed by atoms with Crippen molar-refractivity contribution in [3.05, 3.63) is 42.0 Å². The van der Waals surface area contributed by atoms with Crippen molar-refractivity contribution in [2.75, 3.05) is 0 Å². The zero-order valence-corrected chi connectivity index (χ0v) is 9.97. The van der Waals surface area contributed by atoms with E-state index in [1.165, 1.54) is 5.56 Å². The summed E-state index contributed by atoms with van der Waals surface area (Å²) >= 11 is 0. The second-order valence-corrected chi connectivity index (χ2v) is 4.63. The van der Waals surface area contributed by atoms with Crippen molar-refractivity contribution in [2.45, 2.75) is 38.2 Å². The Morgan fingerprint density at radius 2 is 1.94 bits per heavy atom. The lowest BCUT2D eigenvalue weighted by Crippen LogP contribution is -2.47. The van der Waals surface area contributed by atoms with Crippen LogP contribution in [0.25, 0.3) is 5.70 Å². The van der Waals surface area contributed by atoms with Crippen LogP contribution < -0.4 is 5.32 Å². The molecule has 92 valence electrons. The minimum atomic E-state index is -2.48. The summed E-state index contributed by atoms with van der Waals surface area (Å²) in [5, 5.41) is 3.05. The average molecular weight is 237 g/mol. The van der Waals surface area contributed by atoms with Crippen molar-refractivity contribution in [3.8, 4) is 0 Å². The van der Waals surface area contributed by atoms with Gasteiger partial charge in [0.2, 0.25) is 0 Å². The quantitative estimate of drug-likeness (QED) is 0.843. The number of halogens is 2. The lowest BCUT2D eigenvalue weighted by molar-refractivity contribution is -0.0891.